The van der Waals surface area contributed by atoms with Crippen molar-refractivity contribution in [1.29, 1.82) is 0 Å². The number of anilines is 1. The summed E-state index contributed by atoms with van der Waals surface area (Å²) in [4.78, 5) is 24.6. The number of hydrogen-bond acceptors (Lipinski definition) is 6. The lowest BCUT2D eigenvalue weighted by Crippen LogP contribution is -2.45. The van der Waals surface area contributed by atoms with E-state index in [2.05, 4.69) is 39.0 Å². The second kappa shape index (κ2) is 12.1. The summed E-state index contributed by atoms with van der Waals surface area (Å²) >= 11 is 7.59. The Morgan fingerprint density at radius 2 is 1.92 bits per heavy atom. The number of hydrogen-bond donors (Lipinski definition) is 0. The minimum atomic E-state index is 0.111. The number of carbonyl (C=O) groups is 1. The van der Waals surface area contributed by atoms with Gasteiger partial charge in [0.2, 0.25) is 0 Å². The van der Waals surface area contributed by atoms with Gasteiger partial charge in [-0.05, 0) is 55.2 Å². The summed E-state index contributed by atoms with van der Waals surface area (Å²) in [6.07, 6.45) is 5.79. The maximum Gasteiger partial charge on any atom is 0.265 e. The molecule has 6 nitrogen and oxygen atoms in total. The van der Waals surface area contributed by atoms with Crippen molar-refractivity contribution in [3.05, 3.63) is 75.7 Å². The normalized spacial score (nSPS) is 18.9. The zero-order valence-corrected chi connectivity index (χ0v) is 22.1. The molecule has 8 heteroatoms. The van der Waals surface area contributed by atoms with Gasteiger partial charge in [0, 0.05) is 62.4 Å². The molecule has 36 heavy (non-hydrogen) atoms. The quantitative estimate of drug-likeness (QED) is 0.385. The zero-order chi connectivity index (χ0) is 24.7. The van der Waals surface area contributed by atoms with Gasteiger partial charge in [0.05, 0.1) is 18.3 Å². The van der Waals surface area contributed by atoms with E-state index in [1.54, 1.807) is 11.7 Å². The second-order valence-electron chi connectivity index (χ2n) is 9.54. The summed E-state index contributed by atoms with van der Waals surface area (Å²) in [6, 6.07) is 16.8. The van der Waals surface area contributed by atoms with Crippen LogP contribution in [0.4, 0.5) is 5.69 Å². The Hall–Kier alpha value is -2.61. The van der Waals surface area contributed by atoms with E-state index in [4.69, 9.17) is 16.3 Å². The summed E-state index contributed by atoms with van der Waals surface area (Å²) in [6.45, 7) is 6.37. The van der Waals surface area contributed by atoms with E-state index in [1.807, 2.05) is 29.2 Å². The largest absolute Gasteiger partial charge is 0.494 e. The number of ether oxygens (including phenoxy) is 1. The van der Waals surface area contributed by atoms with Gasteiger partial charge in [0.25, 0.3) is 5.91 Å². The number of halogens is 1. The molecular formula is C28H33ClN4O2S. The molecule has 190 valence electrons. The molecule has 0 saturated carbocycles. The second-order valence-corrected chi connectivity index (χ2v) is 10.9. The van der Waals surface area contributed by atoms with Crippen molar-refractivity contribution >= 4 is 34.5 Å². The van der Waals surface area contributed by atoms with Crippen molar-refractivity contribution in [1.82, 2.24) is 14.8 Å². The Morgan fingerprint density at radius 3 is 2.72 bits per heavy atom. The van der Waals surface area contributed by atoms with Crippen LogP contribution in [0.1, 0.15) is 40.9 Å². The summed E-state index contributed by atoms with van der Waals surface area (Å²) in [7, 11) is 0. The van der Waals surface area contributed by atoms with Crippen molar-refractivity contribution in [2.45, 2.75) is 38.3 Å². The number of nitrogens with zero attached hydrogens (tertiary/aromatic N) is 4. The Labute approximate surface area is 222 Å². The lowest BCUT2D eigenvalue weighted by molar-refractivity contribution is 0.0585. The van der Waals surface area contributed by atoms with E-state index in [1.165, 1.54) is 22.6 Å². The number of amides is 1. The minimum absolute atomic E-state index is 0.111. The molecule has 0 spiro atoms. The maximum absolute atomic E-state index is 12.9. The maximum atomic E-state index is 12.9. The molecule has 2 saturated heterocycles. The Kier molecular flexibility index (Phi) is 8.41. The van der Waals surface area contributed by atoms with Gasteiger partial charge in [-0.1, -0.05) is 29.8 Å². The molecule has 5 rings (SSSR count). The van der Waals surface area contributed by atoms with Gasteiger partial charge >= 0.3 is 0 Å². The van der Waals surface area contributed by atoms with Gasteiger partial charge in [-0.15, -0.1) is 11.3 Å². The van der Waals surface area contributed by atoms with Crippen molar-refractivity contribution in [3.63, 3.8) is 0 Å². The summed E-state index contributed by atoms with van der Waals surface area (Å²) in [5, 5.41) is 0.786. The first-order valence-electron chi connectivity index (χ1n) is 12.8. The molecule has 3 aromatic rings. The van der Waals surface area contributed by atoms with Gasteiger partial charge in [0.15, 0.2) is 0 Å². The van der Waals surface area contributed by atoms with Crippen LogP contribution in [-0.2, 0) is 6.54 Å². The Morgan fingerprint density at radius 1 is 1.06 bits per heavy atom. The Balaban J connectivity index is 1.10. The minimum Gasteiger partial charge on any atom is -0.494 e. The van der Waals surface area contributed by atoms with Crippen LogP contribution < -0.4 is 9.64 Å². The van der Waals surface area contributed by atoms with E-state index in [0.29, 0.717) is 6.61 Å². The Bertz CT molecular complexity index is 1130. The van der Waals surface area contributed by atoms with Crippen LogP contribution >= 0.6 is 22.9 Å². The number of rotatable bonds is 8. The third-order valence-corrected chi connectivity index (χ3v) is 8.10. The van der Waals surface area contributed by atoms with E-state index in [0.717, 1.165) is 80.6 Å². The van der Waals surface area contributed by atoms with Crippen LogP contribution in [0.5, 0.6) is 5.75 Å². The van der Waals surface area contributed by atoms with Crippen LogP contribution in [0.15, 0.2) is 60.2 Å². The van der Waals surface area contributed by atoms with E-state index in [9.17, 15) is 4.79 Å². The van der Waals surface area contributed by atoms with E-state index in [-0.39, 0.29) is 11.9 Å². The van der Waals surface area contributed by atoms with Crippen molar-refractivity contribution in [2.24, 2.45) is 0 Å². The van der Waals surface area contributed by atoms with Gasteiger partial charge in [0.1, 0.15) is 10.6 Å². The first kappa shape index (κ1) is 25.1. The summed E-state index contributed by atoms with van der Waals surface area (Å²) in [5.74, 6) is 1.01. The molecule has 2 aromatic carbocycles. The van der Waals surface area contributed by atoms with Crippen LogP contribution in [0, 0.1) is 0 Å². The highest BCUT2D eigenvalue weighted by atomic mass is 35.5. The molecule has 2 aliphatic heterocycles. The van der Waals surface area contributed by atoms with E-state index < -0.39 is 0 Å². The molecule has 0 radical (unpaired) electrons. The number of likely N-dealkylation sites (tertiary alicyclic amines) is 1. The average Bonchev–Trinajstić information content (AvgIpc) is 3.45. The van der Waals surface area contributed by atoms with Crippen molar-refractivity contribution < 1.29 is 9.53 Å². The third kappa shape index (κ3) is 6.38. The molecule has 0 aliphatic carbocycles. The first-order chi connectivity index (χ1) is 17.7. The highest BCUT2D eigenvalue weighted by molar-refractivity contribution is 7.11. The van der Waals surface area contributed by atoms with Gasteiger partial charge in [-0.25, -0.2) is 0 Å². The molecule has 1 atom stereocenters. The highest BCUT2D eigenvalue weighted by Crippen LogP contribution is 2.25. The molecule has 1 amide bonds. The molecule has 2 fully saturated rings. The van der Waals surface area contributed by atoms with Crippen LogP contribution in [0.2, 0.25) is 5.02 Å². The highest BCUT2D eigenvalue weighted by Gasteiger charge is 2.28. The van der Waals surface area contributed by atoms with Crippen molar-refractivity contribution in [3.8, 4) is 5.75 Å². The first-order valence-corrected chi connectivity index (χ1v) is 14.1. The lowest BCUT2D eigenvalue weighted by Gasteiger charge is -2.36. The van der Waals surface area contributed by atoms with Gasteiger partial charge in [-0.2, -0.15) is 0 Å². The number of carbonyl (C=O) groups excluding carboxylic acids is 1. The lowest BCUT2D eigenvalue weighted by atomic mass is 9.99. The monoisotopic (exact) mass is 524 g/mol. The smallest absolute Gasteiger partial charge is 0.265 e. The number of benzene rings is 2. The third-order valence-electron chi connectivity index (χ3n) is 7.10. The number of piperidine rings is 1. The fraction of sp³-hybridized carbons (Fsp3) is 0.429. The fourth-order valence-corrected chi connectivity index (χ4v) is 5.93. The zero-order valence-electron chi connectivity index (χ0n) is 20.5. The summed E-state index contributed by atoms with van der Waals surface area (Å²) < 4.78 is 6.16. The topological polar surface area (TPSA) is 48.9 Å². The number of piperazine rings is 1. The number of thiazole rings is 1. The molecule has 2 aliphatic rings. The molecule has 0 N–H and O–H groups in total. The average molecular weight is 525 g/mol. The molecule has 1 unspecified atom stereocenters. The number of aromatic nitrogens is 1. The van der Waals surface area contributed by atoms with Crippen LogP contribution in [0.3, 0.4) is 0 Å². The molecule has 0 bridgehead atoms. The predicted molar refractivity (Wildman–Crippen MR) is 146 cm³/mol. The van der Waals surface area contributed by atoms with Crippen LogP contribution in [-0.4, -0.2) is 66.1 Å². The SMILES string of the molecule is O=C(c1cncs1)N1CCCCC1CCOc1cccc(CN2CCN(c3cccc(Cl)c3)CC2)c1. The van der Waals surface area contributed by atoms with Crippen molar-refractivity contribution in [2.75, 3.05) is 44.2 Å². The van der Waals surface area contributed by atoms with Crippen LogP contribution in [0.25, 0.3) is 0 Å². The van der Waals surface area contributed by atoms with E-state index >= 15 is 0 Å². The van der Waals surface area contributed by atoms with Gasteiger partial charge < -0.3 is 14.5 Å². The van der Waals surface area contributed by atoms with Gasteiger partial charge in [-0.3, -0.25) is 14.7 Å². The summed E-state index contributed by atoms with van der Waals surface area (Å²) in [5.41, 5.74) is 4.19. The fourth-order valence-electron chi connectivity index (χ4n) is 5.17. The molecular weight excluding hydrogens is 492 g/mol. The molecule has 3 heterocycles. The molecule has 1 aromatic heterocycles. The predicted octanol–water partition coefficient (Wildman–Crippen LogP) is 5.58. The standard InChI is InChI=1S/C28H33ClN4O2S/c29-23-6-4-8-25(18-23)32-14-12-31(13-15-32)20-22-5-3-9-26(17-22)35-16-10-24-7-1-2-11-33(24)28(34)27-19-30-21-36-27/h3-6,8-9,17-19,21,24H,1-2,7,10-16,20H2.